The van der Waals surface area contributed by atoms with Crippen LogP contribution in [0.1, 0.15) is 22.3 Å². The standard InChI is InChI=1S/C32H32N4O2.2C13H11N3.2Pt/c1-23-17-25(3)31(29(19-23)35-21-33-27-11-7-5-8-12-27)37-15-16-38-32-26(4)18-24(2)20-30(32)36-22-34-28-13-9-6-10-14-28;2*1-15-10-16(11-6-3-2-4-7-11)13-12(15)8-5-9-14-13;;/h5-14,17-22H,15-16H2,1-4H3;2*2-6,8-10H,1H3;;/q3*-2;;. The third-order valence-electron chi connectivity index (χ3n) is 10.9. The number of para-hydroxylation sites is 4. The van der Waals surface area contributed by atoms with Crippen molar-refractivity contribution in [2.24, 2.45) is 9.98 Å². The fraction of sp³-hybridized carbons (Fsp3) is 0.138. The second-order valence-electron chi connectivity index (χ2n) is 16.4. The minimum atomic E-state index is 0. The molecule has 0 radical (unpaired) electrons. The van der Waals surface area contributed by atoms with Crippen molar-refractivity contribution in [2.45, 2.75) is 27.7 Å². The molecule has 6 aromatic carbocycles. The molecule has 0 atom stereocenters. The molecule has 0 saturated heterocycles. The second kappa shape index (κ2) is 26.8. The normalized spacial score (nSPS) is 12.1. The molecule has 2 aliphatic rings. The minimum absolute atomic E-state index is 0. The van der Waals surface area contributed by atoms with Gasteiger partial charge in [0.15, 0.2) is 0 Å². The van der Waals surface area contributed by atoms with E-state index < -0.39 is 0 Å². The van der Waals surface area contributed by atoms with Gasteiger partial charge in [-0.05, 0) is 88.6 Å². The fourth-order valence-electron chi connectivity index (χ4n) is 7.76. The predicted octanol–water partition coefficient (Wildman–Crippen LogP) is 14.3. The molecule has 2 aliphatic heterocycles. The monoisotopic (exact) mass is 1310 g/mol. The van der Waals surface area contributed by atoms with Crippen molar-refractivity contribution in [3.8, 4) is 11.5 Å². The molecule has 2 aromatic heterocycles. The van der Waals surface area contributed by atoms with Crippen LogP contribution < -0.4 is 29.1 Å². The van der Waals surface area contributed by atoms with E-state index in [0.29, 0.717) is 13.2 Å². The van der Waals surface area contributed by atoms with E-state index in [4.69, 9.17) is 9.47 Å². The van der Waals surface area contributed by atoms with Crippen molar-refractivity contribution in [3.63, 3.8) is 0 Å². The number of anilines is 6. The largest absolute Gasteiger partial charge is 0.502 e. The van der Waals surface area contributed by atoms with Crippen molar-refractivity contribution in [1.29, 1.82) is 0 Å². The average molecular weight is 1310 g/mol. The number of nitrogens with zero attached hydrogens (tertiary/aromatic N) is 10. The maximum absolute atomic E-state index is 6.15. The van der Waals surface area contributed by atoms with Crippen LogP contribution in [0.3, 0.4) is 0 Å². The summed E-state index contributed by atoms with van der Waals surface area (Å²) in [5.41, 5.74) is 11.6. The number of aromatic nitrogens is 2. The Hall–Kier alpha value is -7.26. The number of rotatable bonds is 13. The van der Waals surface area contributed by atoms with Crippen LogP contribution in [0.15, 0.2) is 180 Å². The van der Waals surface area contributed by atoms with Gasteiger partial charge in [0, 0.05) is 77.3 Å². The number of fused-ring (bicyclic) bond motifs is 2. The topological polar surface area (TPSA) is 110 Å². The van der Waals surface area contributed by atoms with Gasteiger partial charge in [-0.1, -0.05) is 109 Å². The van der Waals surface area contributed by atoms with Crippen molar-refractivity contribution >= 4 is 69.8 Å². The Kier molecular flexibility index (Phi) is 20.1. The van der Waals surface area contributed by atoms with E-state index in [1.54, 1.807) is 12.7 Å². The van der Waals surface area contributed by atoms with Crippen molar-refractivity contribution < 1.29 is 51.6 Å². The van der Waals surface area contributed by atoms with Crippen LogP contribution in [0.25, 0.3) is 10.6 Å². The Bertz CT molecular complexity index is 2800. The molecule has 0 aliphatic carbocycles. The molecule has 0 N–H and O–H groups in total. The summed E-state index contributed by atoms with van der Waals surface area (Å²) in [5.74, 6) is 3.35. The first-order valence-corrected chi connectivity index (χ1v) is 22.8. The van der Waals surface area contributed by atoms with Gasteiger partial charge in [-0.2, -0.15) is 74.0 Å². The maximum Gasteiger partial charge on any atom is 0.125 e. The van der Waals surface area contributed by atoms with Gasteiger partial charge in [0.05, 0.1) is 0 Å². The zero-order chi connectivity index (χ0) is 48.7. The molecule has 10 rings (SSSR count). The van der Waals surface area contributed by atoms with Gasteiger partial charge >= 0.3 is 0 Å². The molecule has 8 aromatic rings. The van der Waals surface area contributed by atoms with Crippen LogP contribution in [0.5, 0.6) is 11.5 Å². The molecule has 4 heterocycles. The molecule has 0 saturated carbocycles. The number of hydrogen-bond donors (Lipinski definition) is 0. The number of aryl methyl sites for hydroxylation is 4. The molecule has 374 valence electrons. The predicted molar refractivity (Wildman–Crippen MR) is 287 cm³/mol. The molecule has 14 heteroatoms. The molecule has 0 bridgehead atoms. The Morgan fingerprint density at radius 1 is 0.528 bits per heavy atom. The smallest absolute Gasteiger partial charge is 0.125 e. The van der Waals surface area contributed by atoms with Crippen LogP contribution in [0.2, 0.25) is 0 Å². The van der Waals surface area contributed by atoms with Gasteiger partial charge in [-0.15, -0.1) is 11.4 Å². The van der Waals surface area contributed by atoms with E-state index in [2.05, 4.69) is 76.8 Å². The van der Waals surface area contributed by atoms with Gasteiger partial charge in [-0.3, -0.25) is 0 Å². The van der Waals surface area contributed by atoms with E-state index in [1.807, 2.05) is 211 Å². The number of pyridine rings is 2. The van der Waals surface area contributed by atoms with Crippen LogP contribution in [0, 0.1) is 53.2 Å². The average Bonchev–Trinajstić information content (AvgIpc) is 3.91. The van der Waals surface area contributed by atoms with E-state index in [9.17, 15) is 0 Å². The first kappa shape index (κ1) is 54.1. The van der Waals surface area contributed by atoms with Crippen LogP contribution >= 0.6 is 0 Å². The first-order valence-electron chi connectivity index (χ1n) is 22.8. The number of ether oxygens (including phenoxy) is 2. The summed E-state index contributed by atoms with van der Waals surface area (Å²) < 4.78 is 12.3. The molecule has 0 unspecified atom stereocenters. The molecular weight excluding hydrogens is 1260 g/mol. The number of hydrogen-bond acceptors (Lipinski definition) is 10. The van der Waals surface area contributed by atoms with Gasteiger partial charge in [-0.25, -0.2) is 9.97 Å². The number of benzene rings is 6. The van der Waals surface area contributed by atoms with Gasteiger partial charge in [0.1, 0.15) is 36.3 Å². The number of aliphatic imine (C=N–C) groups is 2. The SMILES string of the molecule is CN1[CH-]N(c2[c-]cccc2)c2ncccc21.CN1[CH-]N(c2[c-]cccc2)c2ncccc21.Cc1cc(C)c(OCCOc2c(C)cc(C)cc2[N-]C=Nc2ccccc2)c([N-]C=Nc2ccccc2)c1.[Pt].[Pt]. The summed E-state index contributed by atoms with van der Waals surface area (Å²) in [5, 5.41) is 9.14. The van der Waals surface area contributed by atoms with E-state index >= 15 is 0 Å². The van der Waals surface area contributed by atoms with Crippen LogP contribution in [-0.4, -0.2) is 50.0 Å². The Labute approximate surface area is 453 Å². The first-order chi connectivity index (χ1) is 34.2. The van der Waals surface area contributed by atoms with Crippen molar-refractivity contribution in [1.82, 2.24) is 9.97 Å². The van der Waals surface area contributed by atoms with Gasteiger partial charge in [0.2, 0.25) is 0 Å². The Morgan fingerprint density at radius 2 is 0.931 bits per heavy atom. The van der Waals surface area contributed by atoms with Crippen LogP contribution in [0.4, 0.5) is 57.1 Å². The fourth-order valence-corrected chi connectivity index (χ4v) is 7.76. The molecule has 0 amide bonds. The third kappa shape index (κ3) is 14.2. The molecule has 12 nitrogen and oxygen atoms in total. The van der Waals surface area contributed by atoms with Crippen molar-refractivity contribution in [2.75, 3.05) is 46.9 Å². The summed E-state index contributed by atoms with van der Waals surface area (Å²) in [6, 6.07) is 57.8. The molecule has 0 fully saturated rings. The summed E-state index contributed by atoms with van der Waals surface area (Å²) in [6.45, 7) is 12.9. The van der Waals surface area contributed by atoms with Gasteiger partial charge < -0.3 is 49.7 Å². The Balaban J connectivity index is 0.000000203. The minimum Gasteiger partial charge on any atom is -0.502 e. The van der Waals surface area contributed by atoms with Gasteiger partial charge in [0.25, 0.3) is 0 Å². The van der Waals surface area contributed by atoms with E-state index in [-0.39, 0.29) is 42.1 Å². The second-order valence-corrected chi connectivity index (χ2v) is 16.4. The summed E-state index contributed by atoms with van der Waals surface area (Å²) in [4.78, 5) is 25.8. The van der Waals surface area contributed by atoms with Crippen LogP contribution in [-0.2, 0) is 42.1 Å². The zero-order valence-corrected chi connectivity index (χ0v) is 45.4. The van der Waals surface area contributed by atoms with Crippen molar-refractivity contribution in [3.05, 3.63) is 228 Å². The summed E-state index contributed by atoms with van der Waals surface area (Å²) in [6.07, 6.45) is 6.74. The zero-order valence-electron chi connectivity index (χ0n) is 40.8. The molecular formula is C58H54N10O2Pt2-6. The molecule has 0 spiro atoms. The Morgan fingerprint density at radius 3 is 1.32 bits per heavy atom. The quantitative estimate of drug-likeness (QED) is 0.0486. The van der Waals surface area contributed by atoms with E-state index in [1.165, 1.54) is 0 Å². The van der Waals surface area contributed by atoms with E-state index in [0.717, 1.165) is 90.9 Å². The summed E-state index contributed by atoms with van der Waals surface area (Å²) in [7, 11) is 4.03. The summed E-state index contributed by atoms with van der Waals surface area (Å²) >= 11 is 0. The third-order valence-corrected chi connectivity index (χ3v) is 10.9. The molecule has 72 heavy (non-hydrogen) atoms. The maximum atomic E-state index is 6.15.